The molecule has 0 radical (unpaired) electrons. The van der Waals surface area contributed by atoms with Crippen LogP contribution in [0.15, 0.2) is 30.5 Å². The van der Waals surface area contributed by atoms with Crippen LogP contribution in [0.4, 0.5) is 4.39 Å². The number of hydrogen-bond donors (Lipinski definition) is 0. The maximum absolute atomic E-state index is 13.5. The number of aromatic nitrogens is 1. The molecule has 0 saturated carbocycles. The highest BCUT2D eigenvalue weighted by Crippen LogP contribution is 2.27. The Morgan fingerprint density at radius 1 is 1.33 bits per heavy atom. The van der Waals surface area contributed by atoms with Gasteiger partial charge in [-0.15, -0.1) is 11.6 Å². The van der Waals surface area contributed by atoms with Crippen LogP contribution in [0.2, 0.25) is 5.02 Å². The average Bonchev–Trinajstić information content (AvgIpc) is 2.36. The van der Waals surface area contributed by atoms with Gasteiger partial charge in [-0.1, -0.05) is 17.7 Å². The lowest BCUT2D eigenvalue weighted by atomic mass is 10.2. The standard InChI is InChI=1S/C13H10Cl2FNO/c1-8-2-3-11(16)12(4-8)18-13-5-9(6-14)10(15)7-17-13/h2-5,7H,6H2,1H3. The summed E-state index contributed by atoms with van der Waals surface area (Å²) in [5, 5.41) is 0.460. The van der Waals surface area contributed by atoms with E-state index in [1.807, 2.05) is 6.92 Å². The molecule has 0 fully saturated rings. The third-order valence-corrected chi connectivity index (χ3v) is 2.98. The zero-order valence-corrected chi connectivity index (χ0v) is 11.1. The highest BCUT2D eigenvalue weighted by molar-refractivity contribution is 6.32. The second-order valence-corrected chi connectivity index (χ2v) is 4.46. The normalized spacial score (nSPS) is 10.4. The van der Waals surface area contributed by atoms with Crippen molar-refractivity contribution in [2.75, 3.05) is 0 Å². The molecule has 0 spiro atoms. The molecule has 2 nitrogen and oxygen atoms in total. The zero-order valence-electron chi connectivity index (χ0n) is 9.58. The number of nitrogens with zero attached hydrogens (tertiary/aromatic N) is 1. The van der Waals surface area contributed by atoms with Gasteiger partial charge in [0.2, 0.25) is 5.88 Å². The number of rotatable bonds is 3. The fourth-order valence-electron chi connectivity index (χ4n) is 1.42. The van der Waals surface area contributed by atoms with E-state index >= 15 is 0 Å². The first-order valence-corrected chi connectivity index (χ1v) is 6.16. The summed E-state index contributed by atoms with van der Waals surface area (Å²) in [4.78, 5) is 3.97. The predicted molar refractivity (Wildman–Crippen MR) is 70.0 cm³/mol. The number of ether oxygens (including phenoxy) is 1. The van der Waals surface area contributed by atoms with E-state index in [2.05, 4.69) is 4.98 Å². The highest BCUT2D eigenvalue weighted by atomic mass is 35.5. The molecule has 1 aromatic carbocycles. The minimum atomic E-state index is -0.440. The maximum Gasteiger partial charge on any atom is 0.219 e. The Balaban J connectivity index is 2.31. The molecular weight excluding hydrogens is 276 g/mol. The second-order valence-electron chi connectivity index (χ2n) is 3.78. The van der Waals surface area contributed by atoms with Crippen LogP contribution in [0.1, 0.15) is 11.1 Å². The van der Waals surface area contributed by atoms with Crippen LogP contribution in [-0.2, 0) is 5.88 Å². The summed E-state index contributed by atoms with van der Waals surface area (Å²) in [5.74, 6) is 0.197. The number of pyridine rings is 1. The molecule has 0 unspecified atom stereocenters. The van der Waals surface area contributed by atoms with Gasteiger partial charge in [0, 0.05) is 18.1 Å². The Morgan fingerprint density at radius 3 is 2.83 bits per heavy atom. The zero-order chi connectivity index (χ0) is 13.1. The van der Waals surface area contributed by atoms with Crippen molar-refractivity contribution < 1.29 is 9.13 Å². The van der Waals surface area contributed by atoms with Crippen LogP contribution in [0.25, 0.3) is 0 Å². The summed E-state index contributed by atoms with van der Waals surface area (Å²) in [6, 6.07) is 6.22. The molecule has 0 saturated heterocycles. The largest absolute Gasteiger partial charge is 0.436 e. The van der Waals surface area contributed by atoms with Crippen molar-refractivity contribution in [2.45, 2.75) is 12.8 Å². The Kier molecular flexibility index (Phi) is 4.04. The summed E-state index contributed by atoms with van der Waals surface area (Å²) >= 11 is 11.6. The molecule has 5 heteroatoms. The van der Waals surface area contributed by atoms with Gasteiger partial charge in [-0.2, -0.15) is 0 Å². The molecule has 2 rings (SSSR count). The second kappa shape index (κ2) is 5.55. The minimum Gasteiger partial charge on any atom is -0.436 e. The molecule has 0 aliphatic carbocycles. The van der Waals surface area contributed by atoms with Crippen LogP contribution in [-0.4, -0.2) is 4.98 Å². The molecule has 0 aliphatic rings. The fraction of sp³-hybridized carbons (Fsp3) is 0.154. The van der Waals surface area contributed by atoms with Gasteiger partial charge in [-0.3, -0.25) is 0 Å². The molecule has 1 heterocycles. The minimum absolute atomic E-state index is 0.130. The van der Waals surface area contributed by atoms with Gasteiger partial charge >= 0.3 is 0 Å². The van der Waals surface area contributed by atoms with Gasteiger partial charge in [0.05, 0.1) is 5.02 Å². The third-order valence-electron chi connectivity index (χ3n) is 2.35. The third kappa shape index (κ3) is 2.92. The Morgan fingerprint density at radius 2 is 2.11 bits per heavy atom. The first kappa shape index (κ1) is 13.1. The van der Waals surface area contributed by atoms with E-state index in [4.69, 9.17) is 27.9 Å². The van der Waals surface area contributed by atoms with Crippen molar-refractivity contribution in [3.05, 3.63) is 52.4 Å². The predicted octanol–water partition coefficient (Wildman–Crippen LogP) is 4.71. The van der Waals surface area contributed by atoms with E-state index in [0.717, 1.165) is 5.56 Å². The number of alkyl halides is 1. The van der Waals surface area contributed by atoms with Crippen molar-refractivity contribution in [3.8, 4) is 11.6 Å². The molecule has 18 heavy (non-hydrogen) atoms. The maximum atomic E-state index is 13.5. The van der Waals surface area contributed by atoms with E-state index in [-0.39, 0.29) is 17.5 Å². The lowest BCUT2D eigenvalue weighted by Crippen LogP contribution is -1.93. The monoisotopic (exact) mass is 285 g/mol. The van der Waals surface area contributed by atoms with Crippen LogP contribution in [0, 0.1) is 12.7 Å². The fourth-order valence-corrected chi connectivity index (χ4v) is 1.88. The lowest BCUT2D eigenvalue weighted by molar-refractivity contribution is 0.426. The first-order chi connectivity index (χ1) is 8.60. The number of halogens is 3. The van der Waals surface area contributed by atoms with Gasteiger partial charge in [-0.25, -0.2) is 9.37 Å². The van der Waals surface area contributed by atoms with Crippen molar-refractivity contribution in [1.82, 2.24) is 4.98 Å². The topological polar surface area (TPSA) is 22.1 Å². The van der Waals surface area contributed by atoms with E-state index in [0.29, 0.717) is 10.6 Å². The average molecular weight is 286 g/mol. The van der Waals surface area contributed by atoms with Gasteiger partial charge < -0.3 is 4.74 Å². The van der Waals surface area contributed by atoms with Crippen molar-refractivity contribution in [1.29, 1.82) is 0 Å². The van der Waals surface area contributed by atoms with Gasteiger partial charge in [-0.05, 0) is 30.2 Å². The van der Waals surface area contributed by atoms with E-state index < -0.39 is 5.82 Å². The number of benzene rings is 1. The van der Waals surface area contributed by atoms with Crippen LogP contribution >= 0.6 is 23.2 Å². The van der Waals surface area contributed by atoms with Crippen LogP contribution in [0.5, 0.6) is 11.6 Å². The molecule has 0 atom stereocenters. The number of hydrogen-bond acceptors (Lipinski definition) is 2. The summed E-state index contributed by atoms with van der Waals surface area (Å²) in [7, 11) is 0. The summed E-state index contributed by atoms with van der Waals surface area (Å²) in [6.07, 6.45) is 1.43. The van der Waals surface area contributed by atoms with E-state index in [9.17, 15) is 4.39 Å². The summed E-state index contributed by atoms with van der Waals surface area (Å²) in [6.45, 7) is 1.85. The van der Waals surface area contributed by atoms with E-state index in [1.54, 1.807) is 18.2 Å². The molecule has 1 aromatic heterocycles. The van der Waals surface area contributed by atoms with E-state index in [1.165, 1.54) is 12.3 Å². The summed E-state index contributed by atoms with van der Waals surface area (Å²) in [5.41, 5.74) is 1.59. The SMILES string of the molecule is Cc1ccc(F)c(Oc2cc(CCl)c(Cl)cn2)c1. The van der Waals surface area contributed by atoms with Crippen LogP contribution in [0.3, 0.4) is 0 Å². The molecule has 0 aliphatic heterocycles. The quantitative estimate of drug-likeness (QED) is 0.762. The molecule has 0 N–H and O–H groups in total. The van der Waals surface area contributed by atoms with Gasteiger partial charge in [0.25, 0.3) is 0 Å². The lowest BCUT2D eigenvalue weighted by Gasteiger charge is -2.08. The van der Waals surface area contributed by atoms with Crippen molar-refractivity contribution in [3.63, 3.8) is 0 Å². The Hall–Kier alpha value is -1.32. The Labute approximate surface area is 114 Å². The Bertz CT molecular complexity index is 575. The van der Waals surface area contributed by atoms with Crippen molar-refractivity contribution in [2.24, 2.45) is 0 Å². The van der Waals surface area contributed by atoms with Gasteiger partial charge in [0.15, 0.2) is 11.6 Å². The highest BCUT2D eigenvalue weighted by Gasteiger charge is 2.08. The molecule has 2 aromatic rings. The van der Waals surface area contributed by atoms with Crippen LogP contribution < -0.4 is 4.74 Å². The first-order valence-electron chi connectivity index (χ1n) is 5.24. The smallest absolute Gasteiger partial charge is 0.219 e. The molecule has 0 amide bonds. The molecule has 94 valence electrons. The van der Waals surface area contributed by atoms with Crippen molar-refractivity contribution >= 4 is 23.2 Å². The molecule has 0 bridgehead atoms. The summed E-state index contributed by atoms with van der Waals surface area (Å²) < 4.78 is 18.9. The molecular formula is C13H10Cl2FNO. The number of aryl methyl sites for hydroxylation is 1. The van der Waals surface area contributed by atoms with Gasteiger partial charge in [0.1, 0.15) is 0 Å².